The highest BCUT2D eigenvalue weighted by molar-refractivity contribution is 6.33. The van der Waals surface area contributed by atoms with Crippen molar-refractivity contribution in [1.82, 2.24) is 0 Å². The van der Waals surface area contributed by atoms with Crippen molar-refractivity contribution < 1.29 is 13.6 Å². The highest BCUT2D eigenvalue weighted by Crippen LogP contribution is 2.30. The molecule has 86 valence electrons. The van der Waals surface area contributed by atoms with Crippen molar-refractivity contribution in [3.05, 3.63) is 58.6 Å². The van der Waals surface area contributed by atoms with E-state index in [9.17, 15) is 13.6 Å². The minimum absolute atomic E-state index is 0.179. The summed E-state index contributed by atoms with van der Waals surface area (Å²) in [7, 11) is 0. The average molecular weight is 253 g/mol. The summed E-state index contributed by atoms with van der Waals surface area (Å²) in [6.45, 7) is 0. The van der Waals surface area contributed by atoms with Gasteiger partial charge in [-0.2, -0.15) is 0 Å². The van der Waals surface area contributed by atoms with E-state index in [0.717, 1.165) is 12.1 Å². The molecule has 0 aliphatic carbocycles. The Morgan fingerprint density at radius 3 is 2.12 bits per heavy atom. The summed E-state index contributed by atoms with van der Waals surface area (Å²) in [6, 6.07) is 7.62. The predicted octanol–water partition coefficient (Wildman–Crippen LogP) is 4.10. The van der Waals surface area contributed by atoms with Crippen molar-refractivity contribution in [2.75, 3.05) is 0 Å². The van der Waals surface area contributed by atoms with Crippen LogP contribution in [-0.2, 0) is 0 Å². The molecule has 0 aromatic heterocycles. The molecule has 0 unspecified atom stereocenters. The van der Waals surface area contributed by atoms with E-state index in [-0.39, 0.29) is 10.6 Å². The largest absolute Gasteiger partial charge is 0.298 e. The molecule has 0 fully saturated rings. The first-order valence-corrected chi connectivity index (χ1v) is 5.20. The molecule has 17 heavy (non-hydrogen) atoms. The number of rotatable bonds is 2. The third-order valence-corrected chi connectivity index (χ3v) is 2.67. The molecular formula is C13H7ClF2O. The van der Waals surface area contributed by atoms with Gasteiger partial charge in [0.05, 0.1) is 5.02 Å². The topological polar surface area (TPSA) is 17.1 Å². The van der Waals surface area contributed by atoms with Gasteiger partial charge in [0.25, 0.3) is 0 Å². The van der Waals surface area contributed by atoms with Gasteiger partial charge in [-0.25, -0.2) is 8.78 Å². The third kappa shape index (κ3) is 2.34. The van der Waals surface area contributed by atoms with Crippen LogP contribution < -0.4 is 0 Å². The molecule has 0 aliphatic rings. The van der Waals surface area contributed by atoms with Crippen LogP contribution in [0.25, 0.3) is 11.1 Å². The zero-order valence-electron chi connectivity index (χ0n) is 8.58. The molecule has 0 N–H and O–H groups in total. The molecule has 2 rings (SSSR count). The first kappa shape index (κ1) is 11.7. The summed E-state index contributed by atoms with van der Waals surface area (Å²) >= 11 is 5.88. The smallest absolute Gasteiger partial charge is 0.150 e. The van der Waals surface area contributed by atoms with Gasteiger partial charge in [-0.15, -0.1) is 0 Å². The Balaban J connectivity index is 2.63. The molecule has 0 spiro atoms. The maximum absolute atomic E-state index is 13.0. The zero-order chi connectivity index (χ0) is 12.4. The molecule has 0 heterocycles. The number of benzene rings is 2. The molecule has 0 amide bonds. The van der Waals surface area contributed by atoms with Crippen molar-refractivity contribution in [3.63, 3.8) is 0 Å². The number of hydrogen-bond acceptors (Lipinski definition) is 1. The summed E-state index contributed by atoms with van der Waals surface area (Å²) in [5.41, 5.74) is 1.15. The molecule has 2 aromatic carbocycles. The third-order valence-electron chi connectivity index (χ3n) is 2.36. The van der Waals surface area contributed by atoms with Crippen molar-refractivity contribution in [2.45, 2.75) is 0 Å². The van der Waals surface area contributed by atoms with Crippen molar-refractivity contribution >= 4 is 17.9 Å². The van der Waals surface area contributed by atoms with Crippen LogP contribution >= 0.6 is 11.6 Å². The summed E-state index contributed by atoms with van der Waals surface area (Å²) in [4.78, 5) is 10.8. The van der Waals surface area contributed by atoms with Gasteiger partial charge < -0.3 is 0 Å². The van der Waals surface area contributed by atoms with Crippen LogP contribution in [-0.4, -0.2) is 6.29 Å². The van der Waals surface area contributed by atoms with Gasteiger partial charge in [-0.1, -0.05) is 17.7 Å². The molecule has 4 heteroatoms. The summed E-state index contributed by atoms with van der Waals surface area (Å²) in [5.74, 6) is -0.970. The van der Waals surface area contributed by atoms with Gasteiger partial charge in [0, 0.05) is 11.1 Å². The van der Waals surface area contributed by atoms with E-state index in [1.807, 2.05) is 0 Å². The van der Waals surface area contributed by atoms with Crippen LogP contribution in [0.1, 0.15) is 10.4 Å². The van der Waals surface area contributed by atoms with Crippen molar-refractivity contribution in [1.29, 1.82) is 0 Å². The zero-order valence-corrected chi connectivity index (χ0v) is 9.34. The molecule has 0 radical (unpaired) electrons. The molecule has 0 bridgehead atoms. The molecule has 0 saturated carbocycles. The Hall–Kier alpha value is -1.74. The normalized spacial score (nSPS) is 10.3. The van der Waals surface area contributed by atoms with Crippen molar-refractivity contribution in [3.8, 4) is 11.1 Å². The van der Waals surface area contributed by atoms with Gasteiger partial charge in [0.2, 0.25) is 0 Å². The Kier molecular flexibility index (Phi) is 3.20. The summed E-state index contributed by atoms with van der Waals surface area (Å²) in [6.07, 6.45) is 0.540. The number of hydrogen-bond donors (Lipinski definition) is 0. The van der Waals surface area contributed by atoms with E-state index in [2.05, 4.69) is 0 Å². The Morgan fingerprint density at radius 1 is 0.941 bits per heavy atom. The van der Waals surface area contributed by atoms with Gasteiger partial charge in [0.1, 0.15) is 11.6 Å². The summed E-state index contributed by atoms with van der Waals surface area (Å²) < 4.78 is 25.9. The minimum atomic E-state index is -0.505. The van der Waals surface area contributed by atoms with Crippen LogP contribution in [0.2, 0.25) is 5.02 Å². The van der Waals surface area contributed by atoms with Crippen LogP contribution in [0.15, 0.2) is 36.4 Å². The molecule has 2 aromatic rings. The summed E-state index contributed by atoms with van der Waals surface area (Å²) in [5, 5.41) is 0.180. The minimum Gasteiger partial charge on any atom is -0.298 e. The SMILES string of the molecule is O=Cc1cc(F)ccc1-c1ccc(F)cc1Cl. The number of carbonyl (C=O) groups excluding carboxylic acids is 1. The van der Waals surface area contributed by atoms with Crippen LogP contribution in [0, 0.1) is 11.6 Å². The molecule has 0 aliphatic heterocycles. The van der Waals surface area contributed by atoms with Gasteiger partial charge in [-0.05, 0) is 35.9 Å². The maximum Gasteiger partial charge on any atom is 0.150 e. The Labute approximate surface area is 102 Å². The second-order valence-electron chi connectivity index (χ2n) is 3.47. The molecule has 0 saturated heterocycles. The number of carbonyl (C=O) groups is 1. The fraction of sp³-hybridized carbons (Fsp3) is 0. The second kappa shape index (κ2) is 4.63. The van der Waals surface area contributed by atoms with E-state index in [1.54, 1.807) is 0 Å². The lowest BCUT2D eigenvalue weighted by Gasteiger charge is -2.07. The Bertz CT molecular complexity index is 582. The Morgan fingerprint density at radius 2 is 1.53 bits per heavy atom. The molecule has 0 atom stereocenters. The van der Waals surface area contributed by atoms with Gasteiger partial charge in [-0.3, -0.25) is 4.79 Å². The fourth-order valence-corrected chi connectivity index (χ4v) is 1.85. The van der Waals surface area contributed by atoms with E-state index in [4.69, 9.17) is 11.6 Å². The lowest BCUT2D eigenvalue weighted by Crippen LogP contribution is -1.90. The van der Waals surface area contributed by atoms with E-state index in [1.165, 1.54) is 24.3 Å². The highest BCUT2D eigenvalue weighted by Gasteiger charge is 2.10. The average Bonchev–Trinajstić information content (AvgIpc) is 2.30. The number of halogens is 3. The van der Waals surface area contributed by atoms with Crippen LogP contribution in [0.4, 0.5) is 8.78 Å². The van der Waals surface area contributed by atoms with Crippen LogP contribution in [0.3, 0.4) is 0 Å². The second-order valence-corrected chi connectivity index (χ2v) is 3.88. The molecular weight excluding hydrogens is 246 g/mol. The monoisotopic (exact) mass is 252 g/mol. The van der Waals surface area contributed by atoms with Crippen molar-refractivity contribution in [2.24, 2.45) is 0 Å². The first-order valence-electron chi connectivity index (χ1n) is 4.82. The molecule has 1 nitrogen and oxygen atoms in total. The highest BCUT2D eigenvalue weighted by atomic mass is 35.5. The fourth-order valence-electron chi connectivity index (χ4n) is 1.58. The van der Waals surface area contributed by atoms with Crippen LogP contribution in [0.5, 0.6) is 0 Å². The number of aldehydes is 1. The van der Waals surface area contributed by atoms with Gasteiger partial charge >= 0.3 is 0 Å². The maximum atomic E-state index is 13.0. The quantitative estimate of drug-likeness (QED) is 0.736. The lowest BCUT2D eigenvalue weighted by atomic mass is 10.0. The standard InChI is InChI=1S/C13H7ClF2O/c14-13-6-10(16)2-4-12(13)11-3-1-9(15)5-8(11)7-17/h1-7H. The van der Waals surface area contributed by atoms with E-state index >= 15 is 0 Å². The van der Waals surface area contributed by atoms with E-state index in [0.29, 0.717) is 17.4 Å². The predicted molar refractivity (Wildman–Crippen MR) is 62.2 cm³/mol. The first-order chi connectivity index (χ1) is 8.11. The van der Waals surface area contributed by atoms with Gasteiger partial charge in [0.15, 0.2) is 6.29 Å². The lowest BCUT2D eigenvalue weighted by molar-refractivity contribution is 0.112. The van der Waals surface area contributed by atoms with E-state index < -0.39 is 11.6 Å².